The van der Waals surface area contributed by atoms with Gasteiger partial charge >= 0.3 is 0 Å². The Morgan fingerprint density at radius 3 is 2.82 bits per heavy atom. The molecule has 0 spiro atoms. The Kier molecular flexibility index (Phi) is 3.26. The van der Waals surface area contributed by atoms with E-state index in [4.69, 9.17) is 0 Å². The van der Waals surface area contributed by atoms with Crippen LogP contribution in [-0.4, -0.2) is 11.0 Å². The van der Waals surface area contributed by atoms with Crippen molar-refractivity contribution in [1.29, 1.82) is 0 Å². The van der Waals surface area contributed by atoms with Crippen LogP contribution in [0, 0.1) is 21.8 Å². The lowest BCUT2D eigenvalue weighted by molar-refractivity contribution is -0.385. The van der Waals surface area contributed by atoms with E-state index in [1.54, 1.807) is 0 Å². The van der Waals surface area contributed by atoms with Gasteiger partial charge in [0.15, 0.2) is 0 Å². The van der Waals surface area contributed by atoms with Gasteiger partial charge in [-0.15, -0.1) is 0 Å². The molecule has 0 saturated heterocycles. The van der Waals surface area contributed by atoms with E-state index >= 15 is 0 Å². The number of nitro groups is 1. The predicted octanol–water partition coefficient (Wildman–Crippen LogP) is 3.33. The molecule has 0 aromatic heterocycles. The zero-order valence-electron chi connectivity index (χ0n) is 9.65. The lowest BCUT2D eigenvalue weighted by atomic mass is 10.1. The van der Waals surface area contributed by atoms with Gasteiger partial charge < -0.3 is 5.32 Å². The first-order valence-corrected chi connectivity index (χ1v) is 5.76. The molecule has 1 atom stereocenters. The Bertz CT molecular complexity index is 433. The molecule has 1 saturated carbocycles. The third kappa shape index (κ3) is 3.41. The maximum atomic E-state index is 13.2. The molecule has 0 radical (unpaired) electrons. The molecule has 0 heterocycles. The van der Waals surface area contributed by atoms with Gasteiger partial charge in [0.05, 0.1) is 11.0 Å². The highest BCUT2D eigenvalue weighted by atomic mass is 19.1. The molecule has 17 heavy (non-hydrogen) atoms. The van der Waals surface area contributed by atoms with E-state index in [0.717, 1.165) is 18.4 Å². The number of rotatable bonds is 5. The van der Waals surface area contributed by atoms with E-state index in [9.17, 15) is 14.5 Å². The number of non-ortho nitro benzene ring substituents is 1. The summed E-state index contributed by atoms with van der Waals surface area (Å²) in [5.41, 5.74) is 0.260. The van der Waals surface area contributed by atoms with Crippen LogP contribution >= 0.6 is 0 Å². The lowest BCUT2D eigenvalue weighted by Crippen LogP contribution is -2.15. The molecule has 1 unspecified atom stereocenters. The summed E-state index contributed by atoms with van der Waals surface area (Å²) in [6.07, 6.45) is 3.55. The topological polar surface area (TPSA) is 55.2 Å². The number of nitrogens with zero attached hydrogens (tertiary/aromatic N) is 1. The van der Waals surface area contributed by atoms with Crippen LogP contribution in [0.2, 0.25) is 0 Å². The standard InChI is InChI=1S/C12H15FN2O2/c1-8(4-9-2-3-9)14-11-5-10(13)6-12(7-11)15(16)17/h5-9,14H,2-4H2,1H3. The highest BCUT2D eigenvalue weighted by Gasteiger charge is 2.23. The first-order chi connectivity index (χ1) is 8.04. The predicted molar refractivity (Wildman–Crippen MR) is 63.5 cm³/mol. The Morgan fingerprint density at radius 2 is 2.24 bits per heavy atom. The van der Waals surface area contributed by atoms with E-state index in [0.29, 0.717) is 5.69 Å². The molecule has 1 aromatic rings. The molecule has 0 amide bonds. The monoisotopic (exact) mass is 238 g/mol. The summed E-state index contributed by atoms with van der Waals surface area (Å²) in [5.74, 6) is 0.182. The number of nitrogens with one attached hydrogen (secondary N) is 1. The summed E-state index contributed by atoms with van der Waals surface area (Å²) in [5, 5.41) is 13.7. The van der Waals surface area contributed by atoms with Crippen molar-refractivity contribution in [2.45, 2.75) is 32.2 Å². The highest BCUT2D eigenvalue weighted by molar-refractivity contribution is 5.52. The SMILES string of the molecule is CC(CC1CC1)Nc1cc(F)cc([N+](=O)[O-])c1. The van der Waals surface area contributed by atoms with Gasteiger partial charge in [0.25, 0.3) is 5.69 Å². The fraction of sp³-hybridized carbons (Fsp3) is 0.500. The molecular weight excluding hydrogens is 223 g/mol. The molecule has 0 aliphatic heterocycles. The van der Waals surface area contributed by atoms with Crippen LogP contribution in [0.5, 0.6) is 0 Å². The summed E-state index contributed by atoms with van der Waals surface area (Å²) >= 11 is 0. The molecule has 2 rings (SSSR count). The lowest BCUT2D eigenvalue weighted by Gasteiger charge is -2.14. The van der Waals surface area contributed by atoms with E-state index in [1.807, 2.05) is 6.92 Å². The molecule has 5 heteroatoms. The minimum Gasteiger partial charge on any atom is -0.382 e. The molecule has 92 valence electrons. The number of hydrogen-bond acceptors (Lipinski definition) is 3. The van der Waals surface area contributed by atoms with Crippen LogP contribution in [0.1, 0.15) is 26.2 Å². The van der Waals surface area contributed by atoms with E-state index in [1.165, 1.54) is 25.0 Å². The summed E-state index contributed by atoms with van der Waals surface area (Å²) in [7, 11) is 0. The minimum absolute atomic E-state index is 0.212. The second kappa shape index (κ2) is 4.69. The van der Waals surface area contributed by atoms with Crippen LogP contribution in [-0.2, 0) is 0 Å². The highest BCUT2D eigenvalue weighted by Crippen LogP contribution is 2.34. The zero-order valence-corrected chi connectivity index (χ0v) is 9.65. The first-order valence-electron chi connectivity index (χ1n) is 5.76. The molecule has 1 N–H and O–H groups in total. The van der Waals surface area contributed by atoms with Gasteiger partial charge in [-0.05, 0) is 25.3 Å². The molecule has 1 aliphatic rings. The summed E-state index contributed by atoms with van der Waals surface area (Å²) in [6.45, 7) is 2.01. The normalized spacial score (nSPS) is 16.6. The smallest absolute Gasteiger partial charge is 0.274 e. The van der Waals surface area contributed by atoms with Crippen LogP contribution in [0.25, 0.3) is 0 Å². The van der Waals surface area contributed by atoms with Crippen molar-refractivity contribution in [3.05, 3.63) is 34.1 Å². The Balaban J connectivity index is 2.05. The molecule has 0 bridgehead atoms. The van der Waals surface area contributed by atoms with Crippen LogP contribution in [0.3, 0.4) is 0 Å². The summed E-state index contributed by atoms with van der Waals surface area (Å²) in [4.78, 5) is 10.0. The Morgan fingerprint density at radius 1 is 1.53 bits per heavy atom. The van der Waals surface area contributed by atoms with Crippen LogP contribution in [0.4, 0.5) is 15.8 Å². The van der Waals surface area contributed by atoms with E-state index < -0.39 is 10.7 Å². The van der Waals surface area contributed by atoms with E-state index in [-0.39, 0.29) is 11.7 Å². The second-order valence-electron chi connectivity index (χ2n) is 4.68. The van der Waals surface area contributed by atoms with Gasteiger partial charge in [-0.2, -0.15) is 0 Å². The van der Waals surface area contributed by atoms with Crippen molar-refractivity contribution < 1.29 is 9.31 Å². The molecule has 1 aliphatic carbocycles. The maximum absolute atomic E-state index is 13.2. The molecular formula is C12H15FN2O2. The zero-order chi connectivity index (χ0) is 12.4. The van der Waals surface area contributed by atoms with E-state index in [2.05, 4.69) is 5.32 Å². The van der Waals surface area contributed by atoms with Crippen molar-refractivity contribution in [1.82, 2.24) is 0 Å². The van der Waals surface area contributed by atoms with Crippen LogP contribution < -0.4 is 5.32 Å². The fourth-order valence-corrected chi connectivity index (χ4v) is 1.96. The molecule has 4 nitrogen and oxygen atoms in total. The second-order valence-corrected chi connectivity index (χ2v) is 4.68. The Hall–Kier alpha value is -1.65. The Labute approximate surface area is 99.0 Å². The van der Waals surface area contributed by atoms with Gasteiger partial charge in [0.1, 0.15) is 5.82 Å². The average Bonchev–Trinajstić information content (AvgIpc) is 3.00. The van der Waals surface area contributed by atoms with Gasteiger partial charge in [0.2, 0.25) is 0 Å². The third-order valence-corrected chi connectivity index (χ3v) is 2.89. The largest absolute Gasteiger partial charge is 0.382 e. The van der Waals surface area contributed by atoms with Crippen molar-refractivity contribution in [3.8, 4) is 0 Å². The van der Waals surface area contributed by atoms with Gasteiger partial charge in [-0.1, -0.05) is 12.8 Å². The van der Waals surface area contributed by atoms with Gasteiger partial charge in [-0.25, -0.2) is 4.39 Å². The molecule has 1 aromatic carbocycles. The maximum Gasteiger partial charge on any atom is 0.274 e. The van der Waals surface area contributed by atoms with Gasteiger partial charge in [-0.3, -0.25) is 10.1 Å². The number of anilines is 1. The number of halogens is 1. The summed E-state index contributed by atoms with van der Waals surface area (Å²) < 4.78 is 13.2. The van der Waals surface area contributed by atoms with Crippen molar-refractivity contribution >= 4 is 11.4 Å². The number of hydrogen-bond donors (Lipinski definition) is 1. The first kappa shape index (κ1) is 11.8. The number of nitro benzene ring substituents is 1. The van der Waals surface area contributed by atoms with Crippen molar-refractivity contribution in [3.63, 3.8) is 0 Å². The van der Waals surface area contributed by atoms with Crippen molar-refractivity contribution in [2.24, 2.45) is 5.92 Å². The summed E-state index contributed by atoms with van der Waals surface area (Å²) in [6, 6.07) is 3.79. The quantitative estimate of drug-likeness (QED) is 0.632. The van der Waals surface area contributed by atoms with Gasteiger partial charge in [0, 0.05) is 17.8 Å². The van der Waals surface area contributed by atoms with Crippen LogP contribution in [0.15, 0.2) is 18.2 Å². The average molecular weight is 238 g/mol. The fourth-order valence-electron chi connectivity index (χ4n) is 1.96. The minimum atomic E-state index is -0.584. The molecule has 1 fully saturated rings. The van der Waals surface area contributed by atoms with Crippen molar-refractivity contribution in [2.75, 3.05) is 5.32 Å². The number of benzene rings is 1. The third-order valence-electron chi connectivity index (χ3n) is 2.89.